The minimum absolute atomic E-state index is 0.0380. The van der Waals surface area contributed by atoms with Gasteiger partial charge in [-0.2, -0.15) is 0 Å². The van der Waals surface area contributed by atoms with Crippen LogP contribution in [0.25, 0.3) is 0 Å². The number of carbonyl (C=O) groups excluding carboxylic acids is 1. The second kappa shape index (κ2) is 10.1. The van der Waals surface area contributed by atoms with Crippen LogP contribution in [0.2, 0.25) is 0 Å². The molecule has 164 valence electrons. The molecule has 2 amide bonds. The highest BCUT2D eigenvalue weighted by molar-refractivity contribution is 7.92. The Morgan fingerprint density at radius 1 is 1.37 bits per heavy atom. The van der Waals surface area contributed by atoms with E-state index in [-0.39, 0.29) is 17.9 Å². The monoisotopic (exact) mass is 453 g/mol. The summed E-state index contributed by atoms with van der Waals surface area (Å²) in [7, 11) is -1.99. The molecule has 0 spiro atoms. The van der Waals surface area contributed by atoms with E-state index in [1.165, 1.54) is 7.11 Å². The second-order valence-electron chi connectivity index (χ2n) is 6.95. The molecule has 1 atom stereocenters. The van der Waals surface area contributed by atoms with Crippen molar-refractivity contribution in [2.24, 2.45) is 0 Å². The molecule has 1 saturated heterocycles. The molecular weight excluding hydrogens is 426 g/mol. The van der Waals surface area contributed by atoms with Gasteiger partial charge in [-0.25, -0.2) is 13.2 Å². The Labute approximate surface area is 181 Å². The van der Waals surface area contributed by atoms with Gasteiger partial charge < -0.3 is 19.7 Å². The van der Waals surface area contributed by atoms with Gasteiger partial charge in [0.2, 0.25) is 10.0 Å². The fraction of sp³-hybridized carbons (Fsp3) is 0.450. The van der Waals surface area contributed by atoms with Crippen LogP contribution in [-0.2, 0) is 21.3 Å². The van der Waals surface area contributed by atoms with Gasteiger partial charge in [-0.15, -0.1) is 11.3 Å². The highest BCUT2D eigenvalue weighted by Crippen LogP contribution is 2.29. The average molecular weight is 454 g/mol. The largest absolute Gasteiger partial charge is 0.494 e. The maximum atomic E-state index is 13.0. The molecule has 8 nitrogen and oxygen atoms in total. The number of amides is 2. The molecule has 2 aromatic rings. The lowest BCUT2D eigenvalue weighted by atomic mass is 10.2. The lowest BCUT2D eigenvalue weighted by Crippen LogP contribution is -2.39. The molecule has 0 radical (unpaired) electrons. The van der Waals surface area contributed by atoms with Crippen molar-refractivity contribution >= 4 is 38.8 Å². The molecule has 30 heavy (non-hydrogen) atoms. The zero-order valence-electron chi connectivity index (χ0n) is 17.1. The number of ether oxygens (including phenoxy) is 2. The molecule has 1 unspecified atom stereocenters. The fourth-order valence-corrected chi connectivity index (χ4v) is 4.51. The molecule has 2 N–H and O–H groups in total. The number of hydrogen-bond acceptors (Lipinski definition) is 6. The van der Waals surface area contributed by atoms with E-state index in [0.29, 0.717) is 30.2 Å². The minimum atomic E-state index is -3.44. The summed E-state index contributed by atoms with van der Waals surface area (Å²) in [5.41, 5.74) is 0.840. The average Bonchev–Trinajstić information content (AvgIpc) is 3.42. The van der Waals surface area contributed by atoms with Crippen LogP contribution < -0.4 is 14.8 Å². The second-order valence-corrected chi connectivity index (χ2v) is 9.99. The molecule has 3 rings (SSSR count). The third-order valence-corrected chi connectivity index (χ3v) is 6.91. The SMILES string of the molecule is CCS(=O)(=O)Nc1ccc(NC(=O)N(Cc2cccs2)CC2CCCO2)cc1OC. The molecule has 0 saturated carbocycles. The first-order valence-electron chi connectivity index (χ1n) is 9.78. The van der Waals surface area contributed by atoms with Crippen molar-refractivity contribution in [1.29, 1.82) is 0 Å². The number of urea groups is 1. The van der Waals surface area contributed by atoms with Crippen molar-refractivity contribution in [3.63, 3.8) is 0 Å². The number of thiophene rings is 1. The zero-order valence-corrected chi connectivity index (χ0v) is 18.7. The standard InChI is InChI=1S/C20H27N3O5S2/c1-3-30(25,26)22-18-9-8-15(12-19(18)27-2)21-20(24)23(13-16-6-4-10-28-16)14-17-7-5-11-29-17/h5,7-9,11-12,16,22H,3-4,6,10,13-14H2,1-2H3,(H,21,24). The number of methoxy groups -OCH3 is 1. The van der Waals surface area contributed by atoms with Crippen LogP contribution in [0.3, 0.4) is 0 Å². The number of nitrogens with zero attached hydrogens (tertiary/aromatic N) is 1. The van der Waals surface area contributed by atoms with Crippen molar-refractivity contribution in [2.45, 2.75) is 32.4 Å². The Morgan fingerprint density at radius 2 is 2.20 bits per heavy atom. The number of carbonyl (C=O) groups is 1. The van der Waals surface area contributed by atoms with E-state index in [4.69, 9.17) is 9.47 Å². The van der Waals surface area contributed by atoms with Gasteiger partial charge in [-0.05, 0) is 43.3 Å². The van der Waals surface area contributed by atoms with Crippen molar-refractivity contribution in [3.8, 4) is 5.75 Å². The molecule has 1 aromatic heterocycles. The van der Waals surface area contributed by atoms with Crippen LogP contribution in [0.15, 0.2) is 35.7 Å². The summed E-state index contributed by atoms with van der Waals surface area (Å²) in [6, 6.07) is 8.53. The van der Waals surface area contributed by atoms with Crippen molar-refractivity contribution in [2.75, 3.05) is 36.1 Å². The summed E-state index contributed by atoms with van der Waals surface area (Å²) in [5, 5.41) is 4.87. The van der Waals surface area contributed by atoms with E-state index in [2.05, 4.69) is 10.0 Å². The lowest BCUT2D eigenvalue weighted by Gasteiger charge is -2.25. The summed E-state index contributed by atoms with van der Waals surface area (Å²) in [4.78, 5) is 15.8. The number of rotatable bonds is 9. The summed E-state index contributed by atoms with van der Waals surface area (Å²) >= 11 is 1.60. The summed E-state index contributed by atoms with van der Waals surface area (Å²) < 4.78 is 37.2. The van der Waals surface area contributed by atoms with Crippen LogP contribution in [0.4, 0.5) is 16.2 Å². The topological polar surface area (TPSA) is 97.0 Å². The van der Waals surface area contributed by atoms with Gasteiger partial charge in [0.05, 0.1) is 31.2 Å². The molecule has 10 heteroatoms. The predicted octanol–water partition coefficient (Wildman–Crippen LogP) is 3.73. The van der Waals surface area contributed by atoms with E-state index in [1.807, 2.05) is 17.5 Å². The van der Waals surface area contributed by atoms with E-state index in [1.54, 1.807) is 41.4 Å². The van der Waals surface area contributed by atoms with Crippen molar-refractivity contribution < 1.29 is 22.7 Å². The molecule has 1 aliphatic heterocycles. The number of nitrogens with one attached hydrogen (secondary N) is 2. The van der Waals surface area contributed by atoms with Gasteiger partial charge in [0.25, 0.3) is 0 Å². The van der Waals surface area contributed by atoms with Gasteiger partial charge in [-0.3, -0.25) is 4.72 Å². The number of benzene rings is 1. The first-order valence-corrected chi connectivity index (χ1v) is 12.3. The maximum Gasteiger partial charge on any atom is 0.322 e. The zero-order chi connectivity index (χ0) is 21.6. The Hall–Kier alpha value is -2.30. The van der Waals surface area contributed by atoms with E-state index < -0.39 is 10.0 Å². The minimum Gasteiger partial charge on any atom is -0.494 e. The summed E-state index contributed by atoms with van der Waals surface area (Å²) in [5.74, 6) is 0.281. The summed E-state index contributed by atoms with van der Waals surface area (Å²) in [6.45, 7) is 3.29. The third-order valence-electron chi connectivity index (χ3n) is 4.76. The molecule has 1 fully saturated rings. The Kier molecular flexibility index (Phi) is 7.57. The van der Waals surface area contributed by atoms with Crippen LogP contribution >= 0.6 is 11.3 Å². The van der Waals surface area contributed by atoms with Gasteiger partial charge >= 0.3 is 6.03 Å². The van der Waals surface area contributed by atoms with Crippen LogP contribution in [0.5, 0.6) is 5.75 Å². The normalized spacial score (nSPS) is 16.3. The molecule has 1 aromatic carbocycles. The molecule has 0 bridgehead atoms. The summed E-state index contributed by atoms with van der Waals surface area (Å²) in [6.07, 6.45) is 1.98. The van der Waals surface area contributed by atoms with Gasteiger partial charge in [0.15, 0.2) is 0 Å². The van der Waals surface area contributed by atoms with E-state index in [9.17, 15) is 13.2 Å². The van der Waals surface area contributed by atoms with Crippen molar-refractivity contribution in [1.82, 2.24) is 4.90 Å². The van der Waals surface area contributed by atoms with Gasteiger partial charge in [0, 0.05) is 29.8 Å². The first kappa shape index (κ1) is 22.4. The number of hydrogen-bond donors (Lipinski definition) is 2. The van der Waals surface area contributed by atoms with Crippen LogP contribution in [0, 0.1) is 0 Å². The van der Waals surface area contributed by atoms with Crippen LogP contribution in [0.1, 0.15) is 24.6 Å². The molecular formula is C20H27N3O5S2. The van der Waals surface area contributed by atoms with Gasteiger partial charge in [-0.1, -0.05) is 6.07 Å². The fourth-order valence-electron chi connectivity index (χ4n) is 3.14. The van der Waals surface area contributed by atoms with Crippen LogP contribution in [-0.4, -0.2) is 51.5 Å². The first-order chi connectivity index (χ1) is 14.4. The maximum absolute atomic E-state index is 13.0. The molecule has 0 aliphatic carbocycles. The Balaban J connectivity index is 1.73. The smallest absolute Gasteiger partial charge is 0.322 e. The quantitative estimate of drug-likeness (QED) is 0.603. The van der Waals surface area contributed by atoms with E-state index >= 15 is 0 Å². The molecule has 2 heterocycles. The van der Waals surface area contributed by atoms with E-state index in [0.717, 1.165) is 24.3 Å². The lowest BCUT2D eigenvalue weighted by molar-refractivity contribution is 0.0821. The highest BCUT2D eigenvalue weighted by Gasteiger charge is 2.23. The Morgan fingerprint density at radius 3 is 2.83 bits per heavy atom. The molecule has 1 aliphatic rings. The number of anilines is 2. The highest BCUT2D eigenvalue weighted by atomic mass is 32.2. The third kappa shape index (κ3) is 6.10. The van der Waals surface area contributed by atoms with Gasteiger partial charge in [0.1, 0.15) is 5.75 Å². The van der Waals surface area contributed by atoms with Crippen molar-refractivity contribution in [3.05, 3.63) is 40.6 Å². The number of sulfonamides is 1. The Bertz CT molecular complexity index is 941. The predicted molar refractivity (Wildman–Crippen MR) is 119 cm³/mol.